The van der Waals surface area contributed by atoms with Crippen LogP contribution in [-0.4, -0.2) is 10.9 Å². The highest BCUT2D eigenvalue weighted by molar-refractivity contribution is 7.10. The van der Waals surface area contributed by atoms with Gasteiger partial charge in [0.1, 0.15) is 5.41 Å². The van der Waals surface area contributed by atoms with Crippen molar-refractivity contribution in [2.75, 3.05) is 0 Å². The van der Waals surface area contributed by atoms with Gasteiger partial charge >= 0.3 is 5.97 Å². The van der Waals surface area contributed by atoms with Gasteiger partial charge in [0.05, 0.1) is 10.5 Å². The van der Waals surface area contributed by atoms with Crippen LogP contribution in [0.2, 0.25) is 0 Å². The molecule has 0 N–H and O–H groups in total. The maximum absolute atomic E-state index is 12.2. The molecule has 1 aliphatic rings. The first-order chi connectivity index (χ1) is 10.1. The summed E-state index contributed by atoms with van der Waals surface area (Å²) in [5.74, 6) is -0.310. The van der Waals surface area contributed by atoms with E-state index in [1.807, 2.05) is 24.4 Å². The molecule has 1 saturated heterocycles. The summed E-state index contributed by atoms with van der Waals surface area (Å²) in [4.78, 5) is 23.8. The number of rotatable bonds is 4. The molecule has 1 aromatic heterocycles. The summed E-state index contributed by atoms with van der Waals surface area (Å²) in [5.41, 5.74) is -0.359. The molecule has 1 aliphatic heterocycles. The van der Waals surface area contributed by atoms with Gasteiger partial charge in [-0.3, -0.25) is 14.9 Å². The van der Waals surface area contributed by atoms with Gasteiger partial charge in [-0.05, 0) is 23.9 Å². The minimum absolute atomic E-state index is 0.00983. The maximum Gasteiger partial charge on any atom is 0.322 e. The van der Waals surface area contributed by atoms with Crippen molar-refractivity contribution in [1.29, 1.82) is 0 Å². The average Bonchev–Trinajstić information content (AvgIpc) is 3.00. The van der Waals surface area contributed by atoms with Crippen molar-refractivity contribution >= 4 is 23.0 Å². The Morgan fingerprint density at radius 3 is 2.67 bits per heavy atom. The number of para-hydroxylation sites is 1. The van der Waals surface area contributed by atoms with Crippen LogP contribution in [0.3, 0.4) is 0 Å². The van der Waals surface area contributed by atoms with Gasteiger partial charge in [-0.15, -0.1) is 11.3 Å². The van der Waals surface area contributed by atoms with E-state index in [2.05, 4.69) is 0 Å². The Labute approximate surface area is 125 Å². The summed E-state index contributed by atoms with van der Waals surface area (Å²) in [5, 5.41) is 13.1. The van der Waals surface area contributed by atoms with Crippen molar-refractivity contribution in [2.45, 2.75) is 24.9 Å². The van der Waals surface area contributed by atoms with Gasteiger partial charge in [0.2, 0.25) is 0 Å². The molecule has 6 heteroatoms. The van der Waals surface area contributed by atoms with Gasteiger partial charge in [0, 0.05) is 10.9 Å². The number of carbonyl (C=O) groups excluding carboxylic acids is 1. The number of nitrogens with zero attached hydrogens (tertiary/aromatic N) is 1. The molecular weight excluding hydrogens is 290 g/mol. The van der Waals surface area contributed by atoms with Crippen LogP contribution in [0, 0.1) is 10.1 Å². The summed E-state index contributed by atoms with van der Waals surface area (Å²) in [7, 11) is 0. The van der Waals surface area contributed by atoms with E-state index in [4.69, 9.17) is 4.74 Å². The molecule has 2 aromatic rings. The van der Waals surface area contributed by atoms with Crippen LogP contribution in [0.5, 0.6) is 0 Å². The maximum atomic E-state index is 12.2. The zero-order valence-electron chi connectivity index (χ0n) is 11.3. The largest absolute Gasteiger partial charge is 0.455 e. The second kappa shape index (κ2) is 4.96. The lowest BCUT2D eigenvalue weighted by Gasteiger charge is -2.45. The van der Waals surface area contributed by atoms with Gasteiger partial charge < -0.3 is 4.74 Å². The molecule has 0 spiro atoms. The molecule has 2 atom stereocenters. The number of ether oxygens (including phenoxy) is 1. The standard InChI is InChI=1S/C15H13NO4S/c1-2-15(12-8-5-9-21-12)13(20-14(15)17)10-6-3-4-7-11(10)16(18)19/h3-9,13H,2H2,1H3. The first-order valence-corrected chi connectivity index (χ1v) is 7.47. The highest BCUT2D eigenvalue weighted by Crippen LogP contribution is 2.54. The number of hydrogen-bond acceptors (Lipinski definition) is 5. The number of thiophene rings is 1. The number of benzene rings is 1. The Morgan fingerprint density at radius 1 is 1.33 bits per heavy atom. The lowest BCUT2D eigenvalue weighted by Crippen LogP contribution is -2.53. The lowest BCUT2D eigenvalue weighted by atomic mass is 9.71. The summed E-state index contributed by atoms with van der Waals surface area (Å²) in [6, 6.07) is 10.2. The van der Waals surface area contributed by atoms with Crippen LogP contribution in [-0.2, 0) is 14.9 Å². The molecule has 0 amide bonds. The molecule has 2 heterocycles. The topological polar surface area (TPSA) is 69.4 Å². The zero-order valence-corrected chi connectivity index (χ0v) is 12.1. The first-order valence-electron chi connectivity index (χ1n) is 6.59. The SMILES string of the molecule is CCC1(c2cccs2)C(=O)OC1c1ccccc1[N+](=O)[O-]. The van der Waals surface area contributed by atoms with Crippen LogP contribution >= 0.6 is 11.3 Å². The molecule has 3 rings (SSSR count). The van der Waals surface area contributed by atoms with E-state index in [0.717, 1.165) is 4.88 Å². The van der Waals surface area contributed by atoms with Crippen molar-refractivity contribution in [3.05, 3.63) is 62.3 Å². The fraction of sp³-hybridized carbons (Fsp3) is 0.267. The molecule has 1 aromatic carbocycles. The normalized spacial score (nSPS) is 24.2. The van der Waals surface area contributed by atoms with Crippen LogP contribution in [0.1, 0.15) is 29.9 Å². The molecule has 21 heavy (non-hydrogen) atoms. The third-order valence-corrected chi connectivity index (χ3v) is 5.02. The Hall–Kier alpha value is -2.21. The monoisotopic (exact) mass is 303 g/mol. The second-order valence-electron chi connectivity index (χ2n) is 4.90. The molecule has 108 valence electrons. The van der Waals surface area contributed by atoms with Gasteiger partial charge in [-0.25, -0.2) is 0 Å². The van der Waals surface area contributed by atoms with Gasteiger partial charge in [0.25, 0.3) is 5.69 Å². The van der Waals surface area contributed by atoms with Gasteiger partial charge in [-0.1, -0.05) is 25.1 Å². The summed E-state index contributed by atoms with van der Waals surface area (Å²) in [6.45, 7) is 1.90. The Balaban J connectivity index is 2.12. The highest BCUT2D eigenvalue weighted by atomic mass is 32.1. The third-order valence-electron chi connectivity index (χ3n) is 3.97. The smallest absolute Gasteiger partial charge is 0.322 e. The van der Waals surface area contributed by atoms with Crippen LogP contribution in [0.15, 0.2) is 41.8 Å². The molecule has 0 saturated carbocycles. The Kier molecular flexibility index (Phi) is 3.25. The van der Waals surface area contributed by atoms with Crippen molar-refractivity contribution in [1.82, 2.24) is 0 Å². The number of esters is 1. The predicted molar refractivity (Wildman–Crippen MR) is 78.2 cm³/mol. The number of nitro benzene ring substituents is 1. The molecular formula is C15H13NO4S. The Morgan fingerprint density at radius 2 is 2.10 bits per heavy atom. The average molecular weight is 303 g/mol. The molecule has 1 fully saturated rings. The first kappa shape index (κ1) is 13.8. The molecule has 0 radical (unpaired) electrons. The molecule has 0 aliphatic carbocycles. The Bertz CT molecular complexity index is 697. The molecule has 0 bridgehead atoms. The van der Waals surface area contributed by atoms with E-state index in [-0.39, 0.29) is 11.7 Å². The van der Waals surface area contributed by atoms with E-state index < -0.39 is 16.4 Å². The fourth-order valence-corrected chi connectivity index (χ4v) is 3.84. The van der Waals surface area contributed by atoms with Crippen molar-refractivity contribution < 1.29 is 14.5 Å². The number of nitro groups is 1. The van der Waals surface area contributed by atoms with Crippen LogP contribution in [0.4, 0.5) is 5.69 Å². The van der Waals surface area contributed by atoms with E-state index in [1.54, 1.807) is 18.2 Å². The number of cyclic esters (lactones) is 1. The lowest BCUT2D eigenvalue weighted by molar-refractivity contribution is -0.386. The van der Waals surface area contributed by atoms with Crippen molar-refractivity contribution in [2.24, 2.45) is 0 Å². The number of hydrogen-bond donors (Lipinski definition) is 0. The fourth-order valence-electron chi connectivity index (χ4n) is 2.83. The highest BCUT2D eigenvalue weighted by Gasteiger charge is 2.60. The van der Waals surface area contributed by atoms with Crippen LogP contribution in [0.25, 0.3) is 0 Å². The zero-order chi connectivity index (χ0) is 15.0. The van der Waals surface area contributed by atoms with E-state index in [0.29, 0.717) is 12.0 Å². The quantitative estimate of drug-likeness (QED) is 0.491. The molecule has 2 unspecified atom stereocenters. The summed E-state index contributed by atoms with van der Waals surface area (Å²) < 4.78 is 5.31. The van der Waals surface area contributed by atoms with E-state index in [1.165, 1.54) is 17.4 Å². The van der Waals surface area contributed by atoms with Crippen molar-refractivity contribution in [3.8, 4) is 0 Å². The molecule has 5 nitrogen and oxygen atoms in total. The number of carbonyl (C=O) groups is 1. The summed E-state index contributed by atoms with van der Waals surface area (Å²) in [6.07, 6.45) is -0.0569. The van der Waals surface area contributed by atoms with E-state index >= 15 is 0 Å². The van der Waals surface area contributed by atoms with Gasteiger partial charge in [0.15, 0.2) is 6.10 Å². The predicted octanol–water partition coefficient (Wildman–Crippen LogP) is 3.60. The third kappa shape index (κ3) is 1.86. The van der Waals surface area contributed by atoms with E-state index in [9.17, 15) is 14.9 Å². The van der Waals surface area contributed by atoms with Crippen molar-refractivity contribution in [3.63, 3.8) is 0 Å². The van der Waals surface area contributed by atoms with Gasteiger partial charge in [-0.2, -0.15) is 0 Å². The summed E-state index contributed by atoms with van der Waals surface area (Å²) >= 11 is 1.48. The minimum atomic E-state index is -0.805. The second-order valence-corrected chi connectivity index (χ2v) is 5.85. The minimum Gasteiger partial charge on any atom is -0.455 e. The van der Waals surface area contributed by atoms with Crippen LogP contribution < -0.4 is 0 Å².